The Kier molecular flexibility index (Phi) is 8.62. The van der Waals surface area contributed by atoms with Crippen LogP contribution in [-0.4, -0.2) is 65.1 Å². The van der Waals surface area contributed by atoms with E-state index in [-0.39, 0.29) is 24.2 Å². The summed E-state index contributed by atoms with van der Waals surface area (Å²) in [4.78, 5) is 24.4. The molecule has 2 unspecified atom stereocenters. The number of halogens is 1. The van der Waals surface area contributed by atoms with Gasteiger partial charge in [0, 0.05) is 12.4 Å². The highest BCUT2D eigenvalue weighted by Gasteiger charge is 2.51. The van der Waals surface area contributed by atoms with Crippen molar-refractivity contribution >= 4 is 46.2 Å². The minimum absolute atomic E-state index is 0.195. The fourth-order valence-electron chi connectivity index (χ4n) is 5.69. The summed E-state index contributed by atoms with van der Waals surface area (Å²) in [6.45, 7) is 13.2. The SMILES string of the molecule is CC(C)(C)OC(=O)N1CC(c2nc(Br)n3ccncc23)OCC1CO[Si](c1ccccc1)(c1ccccc1)C(C)(C)C. The lowest BCUT2D eigenvalue weighted by atomic mass is 10.1. The van der Waals surface area contributed by atoms with Gasteiger partial charge in [-0.05, 0) is 52.1 Å². The Hall–Kier alpha value is -3.05. The Morgan fingerprint density at radius 2 is 1.64 bits per heavy atom. The summed E-state index contributed by atoms with van der Waals surface area (Å²) >= 11 is 3.54. The molecule has 3 heterocycles. The fraction of sp³-hybridized carbons (Fsp3) is 0.406. The number of aromatic nitrogens is 3. The first kappa shape index (κ1) is 30.4. The van der Waals surface area contributed by atoms with Gasteiger partial charge in [-0.15, -0.1) is 0 Å². The number of morpholine rings is 1. The highest BCUT2D eigenvalue weighted by molar-refractivity contribution is 9.10. The summed E-state index contributed by atoms with van der Waals surface area (Å²) in [5.41, 5.74) is 0.887. The molecule has 42 heavy (non-hydrogen) atoms. The van der Waals surface area contributed by atoms with E-state index in [4.69, 9.17) is 18.9 Å². The van der Waals surface area contributed by atoms with Gasteiger partial charge in [0.1, 0.15) is 11.7 Å². The zero-order valence-corrected chi connectivity index (χ0v) is 27.7. The van der Waals surface area contributed by atoms with Gasteiger partial charge < -0.3 is 13.9 Å². The smallest absolute Gasteiger partial charge is 0.410 e. The average Bonchev–Trinajstić information content (AvgIpc) is 3.29. The van der Waals surface area contributed by atoms with Gasteiger partial charge in [-0.3, -0.25) is 14.3 Å². The highest BCUT2D eigenvalue weighted by atomic mass is 79.9. The number of fused-ring (bicyclic) bond motifs is 1. The van der Waals surface area contributed by atoms with Gasteiger partial charge in [0.05, 0.1) is 43.2 Å². The molecule has 1 fully saturated rings. The molecule has 0 N–H and O–H groups in total. The van der Waals surface area contributed by atoms with E-state index in [9.17, 15) is 4.79 Å². The lowest BCUT2D eigenvalue weighted by Gasteiger charge is -2.45. The Bertz CT molecular complexity index is 1480. The maximum atomic E-state index is 13.7. The van der Waals surface area contributed by atoms with Crippen molar-refractivity contribution in [3.63, 3.8) is 0 Å². The summed E-state index contributed by atoms with van der Waals surface area (Å²) in [7, 11) is -2.82. The zero-order valence-electron chi connectivity index (χ0n) is 25.1. The van der Waals surface area contributed by atoms with Crippen molar-refractivity contribution in [3.05, 3.63) is 89.7 Å². The van der Waals surface area contributed by atoms with Crippen LogP contribution in [0.1, 0.15) is 53.3 Å². The molecule has 1 aliphatic rings. The maximum Gasteiger partial charge on any atom is 0.410 e. The molecule has 10 heteroatoms. The molecule has 1 saturated heterocycles. The van der Waals surface area contributed by atoms with E-state index < -0.39 is 26.1 Å². The molecule has 222 valence electrons. The molecule has 0 bridgehead atoms. The Labute approximate surface area is 257 Å². The summed E-state index contributed by atoms with van der Waals surface area (Å²) in [5.74, 6) is 0. The maximum absolute atomic E-state index is 13.7. The predicted octanol–water partition coefficient (Wildman–Crippen LogP) is 5.75. The molecular weight excluding hydrogens is 612 g/mol. The number of carbonyl (C=O) groups excluding carboxylic acids is 1. The molecule has 2 atom stereocenters. The van der Waals surface area contributed by atoms with E-state index in [1.54, 1.807) is 17.3 Å². The zero-order chi connectivity index (χ0) is 30.1. The number of rotatable bonds is 6. The van der Waals surface area contributed by atoms with Crippen molar-refractivity contribution in [2.75, 3.05) is 19.8 Å². The number of hydrogen-bond acceptors (Lipinski definition) is 6. The summed E-state index contributed by atoms with van der Waals surface area (Å²) in [6, 6.07) is 20.6. The number of amides is 1. The molecule has 1 amide bonds. The third-order valence-corrected chi connectivity index (χ3v) is 13.1. The van der Waals surface area contributed by atoms with Crippen LogP contribution in [0.3, 0.4) is 0 Å². The molecule has 0 saturated carbocycles. The standard InChI is InChI=1S/C32H39BrN4O4Si/c1-31(2,3)41-30(38)37-20-27(28-26-19-34-17-18-36(26)29(33)35-28)39-21-23(37)22-40-42(32(4,5)6,24-13-9-7-10-14-24)25-15-11-8-12-16-25/h7-19,23,27H,20-22H2,1-6H3. The minimum atomic E-state index is -2.82. The van der Waals surface area contributed by atoms with Gasteiger partial charge in [0.25, 0.3) is 8.32 Å². The van der Waals surface area contributed by atoms with Crippen LogP contribution < -0.4 is 10.4 Å². The molecule has 0 radical (unpaired) electrons. The third kappa shape index (κ3) is 6.03. The second-order valence-corrected chi connectivity index (χ2v) is 17.7. The number of imidazole rings is 1. The van der Waals surface area contributed by atoms with Crippen molar-refractivity contribution in [1.29, 1.82) is 0 Å². The van der Waals surface area contributed by atoms with Crippen molar-refractivity contribution in [2.24, 2.45) is 0 Å². The lowest BCUT2D eigenvalue weighted by molar-refractivity contribution is -0.0810. The van der Waals surface area contributed by atoms with Gasteiger partial charge in [-0.1, -0.05) is 81.4 Å². The lowest BCUT2D eigenvalue weighted by Crippen LogP contribution is -2.68. The van der Waals surface area contributed by atoms with Gasteiger partial charge in [0.15, 0.2) is 4.73 Å². The second kappa shape index (κ2) is 11.9. The first-order chi connectivity index (χ1) is 19.9. The van der Waals surface area contributed by atoms with Gasteiger partial charge in [-0.2, -0.15) is 0 Å². The van der Waals surface area contributed by atoms with E-state index in [0.717, 1.165) is 11.2 Å². The third-order valence-electron chi connectivity index (χ3n) is 7.57. The molecule has 0 aliphatic carbocycles. The average molecular weight is 652 g/mol. The number of nitrogens with zero attached hydrogens (tertiary/aromatic N) is 4. The first-order valence-electron chi connectivity index (χ1n) is 14.2. The van der Waals surface area contributed by atoms with Crippen LogP contribution in [0, 0.1) is 0 Å². The van der Waals surface area contributed by atoms with E-state index >= 15 is 0 Å². The van der Waals surface area contributed by atoms with Crippen LogP contribution in [0.5, 0.6) is 0 Å². The van der Waals surface area contributed by atoms with E-state index in [1.807, 2.05) is 43.5 Å². The van der Waals surface area contributed by atoms with Crippen molar-refractivity contribution in [2.45, 2.75) is 64.3 Å². The van der Waals surface area contributed by atoms with E-state index in [0.29, 0.717) is 11.3 Å². The summed E-state index contributed by atoms with van der Waals surface area (Å²) in [5, 5.41) is 2.17. The topological polar surface area (TPSA) is 78.2 Å². The molecule has 2 aromatic carbocycles. The van der Waals surface area contributed by atoms with Gasteiger partial charge in [-0.25, -0.2) is 9.78 Å². The van der Waals surface area contributed by atoms with Crippen molar-refractivity contribution in [1.82, 2.24) is 19.3 Å². The van der Waals surface area contributed by atoms with E-state index in [2.05, 4.69) is 90.2 Å². The number of benzene rings is 2. The quantitative estimate of drug-likeness (QED) is 0.248. The molecule has 2 aromatic heterocycles. The Morgan fingerprint density at radius 3 is 2.21 bits per heavy atom. The van der Waals surface area contributed by atoms with Crippen LogP contribution in [0.25, 0.3) is 5.52 Å². The number of carbonyl (C=O) groups is 1. The monoisotopic (exact) mass is 650 g/mol. The van der Waals surface area contributed by atoms with Gasteiger partial charge in [0.2, 0.25) is 0 Å². The minimum Gasteiger partial charge on any atom is -0.444 e. The number of ether oxygens (including phenoxy) is 2. The summed E-state index contributed by atoms with van der Waals surface area (Å²) < 4.78 is 22.1. The Balaban J connectivity index is 1.49. The van der Waals surface area contributed by atoms with Crippen LogP contribution in [-0.2, 0) is 13.9 Å². The highest BCUT2D eigenvalue weighted by Crippen LogP contribution is 2.38. The second-order valence-electron chi connectivity index (χ2n) is 12.7. The summed E-state index contributed by atoms with van der Waals surface area (Å²) in [6.07, 6.45) is 4.45. The van der Waals surface area contributed by atoms with Crippen molar-refractivity contribution in [3.8, 4) is 0 Å². The molecule has 1 aliphatic heterocycles. The predicted molar refractivity (Wildman–Crippen MR) is 170 cm³/mol. The Morgan fingerprint density at radius 1 is 1.02 bits per heavy atom. The normalized spacial score (nSPS) is 18.3. The van der Waals surface area contributed by atoms with Crippen LogP contribution in [0.15, 0.2) is 84.0 Å². The van der Waals surface area contributed by atoms with Crippen LogP contribution in [0.2, 0.25) is 5.04 Å². The molecule has 0 spiro atoms. The molecule has 4 aromatic rings. The first-order valence-corrected chi connectivity index (χ1v) is 16.9. The molecule has 8 nitrogen and oxygen atoms in total. The molecule has 5 rings (SSSR count). The number of hydrogen-bond donors (Lipinski definition) is 0. The fourth-order valence-corrected chi connectivity index (χ4v) is 10.8. The van der Waals surface area contributed by atoms with Crippen molar-refractivity contribution < 1.29 is 18.7 Å². The van der Waals surface area contributed by atoms with E-state index in [1.165, 1.54) is 10.4 Å². The largest absolute Gasteiger partial charge is 0.444 e. The molecular formula is C32H39BrN4O4Si. The van der Waals surface area contributed by atoms with Crippen LogP contribution >= 0.6 is 15.9 Å². The van der Waals surface area contributed by atoms with Crippen LogP contribution in [0.4, 0.5) is 4.79 Å². The van der Waals surface area contributed by atoms with Gasteiger partial charge >= 0.3 is 6.09 Å².